The lowest BCUT2D eigenvalue weighted by Gasteiger charge is -2.34. The Bertz CT molecular complexity index is 1480. The van der Waals surface area contributed by atoms with E-state index in [1.807, 2.05) is 61.5 Å². The lowest BCUT2D eigenvalue weighted by molar-refractivity contribution is -0.140. The maximum absolute atomic E-state index is 14.2. The summed E-state index contributed by atoms with van der Waals surface area (Å²) in [5.41, 5.74) is 2.80. The largest absolute Gasteiger partial charge is 0.352 e. The van der Waals surface area contributed by atoms with Gasteiger partial charge in [-0.1, -0.05) is 90.6 Å². The van der Waals surface area contributed by atoms with Crippen LogP contribution in [0.1, 0.15) is 42.4 Å². The first-order valence-corrected chi connectivity index (χ1v) is 16.2. The monoisotopic (exact) mass is 615 g/mol. The molecule has 2 amide bonds. The molecule has 4 rings (SSSR count). The molecule has 3 aromatic rings. The van der Waals surface area contributed by atoms with E-state index < -0.39 is 28.5 Å². The second-order valence-corrected chi connectivity index (χ2v) is 13.3. The van der Waals surface area contributed by atoms with E-state index in [1.54, 1.807) is 6.07 Å². The quantitative estimate of drug-likeness (QED) is 0.297. The van der Waals surface area contributed by atoms with Gasteiger partial charge in [0.25, 0.3) is 0 Å². The molecule has 0 heterocycles. The predicted molar refractivity (Wildman–Crippen MR) is 165 cm³/mol. The summed E-state index contributed by atoms with van der Waals surface area (Å²) in [6.07, 6.45) is 5.16. The molecule has 0 spiro atoms. The molecule has 1 aliphatic carbocycles. The number of hydrogen-bond donors (Lipinski definition) is 1. The number of carbonyl (C=O) groups is 2. The third-order valence-electron chi connectivity index (χ3n) is 7.43. The number of nitrogens with one attached hydrogen (secondary N) is 1. The van der Waals surface area contributed by atoms with Crippen LogP contribution in [0.4, 0.5) is 5.69 Å². The first kappa shape index (κ1) is 30.9. The van der Waals surface area contributed by atoms with E-state index in [0.29, 0.717) is 0 Å². The molecular weight excluding hydrogens is 581 g/mol. The minimum Gasteiger partial charge on any atom is -0.352 e. The highest BCUT2D eigenvalue weighted by molar-refractivity contribution is 7.92. The van der Waals surface area contributed by atoms with E-state index in [2.05, 4.69) is 5.32 Å². The zero-order chi connectivity index (χ0) is 29.6. The van der Waals surface area contributed by atoms with E-state index in [0.717, 1.165) is 52.9 Å². The molecule has 1 fully saturated rings. The highest BCUT2D eigenvalue weighted by Crippen LogP contribution is 2.31. The molecule has 1 atom stereocenters. The number of rotatable bonds is 11. The highest BCUT2D eigenvalue weighted by Gasteiger charge is 2.34. The van der Waals surface area contributed by atoms with Crippen molar-refractivity contribution in [2.24, 2.45) is 0 Å². The van der Waals surface area contributed by atoms with Gasteiger partial charge in [0.1, 0.15) is 12.6 Å². The summed E-state index contributed by atoms with van der Waals surface area (Å²) in [5, 5.41) is 3.58. The van der Waals surface area contributed by atoms with Crippen LogP contribution in [0.5, 0.6) is 0 Å². The zero-order valence-corrected chi connectivity index (χ0v) is 25.6. The van der Waals surface area contributed by atoms with Crippen LogP contribution in [0.2, 0.25) is 10.0 Å². The average Bonchev–Trinajstić information content (AvgIpc) is 3.44. The standard InChI is InChI=1S/C31H35Cl2N3O4S/c1-22-10-6-7-13-24(22)20-35(30(37)21-36(41(2,39)40)28-19-25(32)16-17-27(28)33)29(18-23-11-4-3-5-12-23)31(38)34-26-14-8-9-15-26/h3-7,10-13,16-17,19,26,29H,8-9,14-15,18,20-21H2,1-2H3,(H,34,38). The second-order valence-electron chi connectivity index (χ2n) is 10.5. The Morgan fingerprint density at radius 2 is 1.63 bits per heavy atom. The van der Waals surface area contributed by atoms with Gasteiger partial charge in [-0.25, -0.2) is 8.42 Å². The van der Waals surface area contributed by atoms with Gasteiger partial charge in [-0.2, -0.15) is 0 Å². The van der Waals surface area contributed by atoms with Crippen molar-refractivity contribution in [3.05, 3.63) is 99.5 Å². The number of halogens is 2. The fourth-order valence-electron chi connectivity index (χ4n) is 5.16. The van der Waals surface area contributed by atoms with Crippen LogP contribution >= 0.6 is 23.2 Å². The van der Waals surface area contributed by atoms with Crippen LogP contribution in [0.25, 0.3) is 0 Å². The molecule has 1 N–H and O–H groups in total. The van der Waals surface area contributed by atoms with Gasteiger partial charge in [0.05, 0.1) is 17.0 Å². The van der Waals surface area contributed by atoms with Crippen molar-refractivity contribution < 1.29 is 18.0 Å². The number of nitrogens with zero attached hydrogens (tertiary/aromatic N) is 2. The highest BCUT2D eigenvalue weighted by atomic mass is 35.5. The number of anilines is 1. The SMILES string of the molecule is Cc1ccccc1CN(C(=O)CN(c1cc(Cl)ccc1Cl)S(C)(=O)=O)C(Cc1ccccc1)C(=O)NC1CCCC1. The average molecular weight is 617 g/mol. The minimum absolute atomic E-state index is 0.0500. The normalized spacial score (nSPS) is 14.4. The first-order valence-electron chi connectivity index (χ1n) is 13.6. The van der Waals surface area contributed by atoms with Gasteiger partial charge in [0, 0.05) is 24.0 Å². The Hall–Kier alpha value is -3.07. The van der Waals surface area contributed by atoms with Gasteiger partial charge in [-0.15, -0.1) is 0 Å². The van der Waals surface area contributed by atoms with E-state index in [4.69, 9.17) is 23.2 Å². The third-order valence-corrected chi connectivity index (χ3v) is 9.11. The van der Waals surface area contributed by atoms with Crippen LogP contribution < -0.4 is 9.62 Å². The summed E-state index contributed by atoms with van der Waals surface area (Å²) >= 11 is 12.5. The first-order chi connectivity index (χ1) is 19.5. The topological polar surface area (TPSA) is 86.8 Å². The van der Waals surface area contributed by atoms with Crippen LogP contribution in [0.15, 0.2) is 72.8 Å². The summed E-state index contributed by atoms with van der Waals surface area (Å²) in [7, 11) is -3.95. The smallest absolute Gasteiger partial charge is 0.244 e. The number of benzene rings is 3. The number of hydrogen-bond acceptors (Lipinski definition) is 4. The van der Waals surface area contributed by atoms with Crippen LogP contribution in [0.3, 0.4) is 0 Å². The van der Waals surface area contributed by atoms with Gasteiger partial charge in [-0.3, -0.25) is 13.9 Å². The Labute approximate surface area is 252 Å². The molecule has 218 valence electrons. The lowest BCUT2D eigenvalue weighted by Crippen LogP contribution is -2.54. The van der Waals surface area contributed by atoms with Gasteiger partial charge in [0.15, 0.2) is 0 Å². The molecule has 0 radical (unpaired) electrons. The molecular formula is C31H35Cl2N3O4S. The molecule has 0 aromatic heterocycles. The molecule has 7 nitrogen and oxygen atoms in total. The fourth-order valence-corrected chi connectivity index (χ4v) is 6.45. The van der Waals surface area contributed by atoms with Crippen LogP contribution in [-0.4, -0.2) is 50.0 Å². The van der Waals surface area contributed by atoms with Crippen molar-refractivity contribution in [3.8, 4) is 0 Å². The number of carbonyl (C=O) groups excluding carboxylic acids is 2. The number of amides is 2. The molecule has 3 aromatic carbocycles. The van der Waals surface area contributed by atoms with E-state index >= 15 is 0 Å². The number of sulfonamides is 1. The third kappa shape index (κ3) is 8.24. The van der Waals surface area contributed by atoms with Crippen molar-refractivity contribution in [1.82, 2.24) is 10.2 Å². The van der Waals surface area contributed by atoms with Crippen molar-refractivity contribution >= 4 is 50.7 Å². The van der Waals surface area contributed by atoms with Crippen molar-refractivity contribution in [2.75, 3.05) is 17.1 Å². The van der Waals surface area contributed by atoms with Gasteiger partial charge >= 0.3 is 0 Å². The minimum atomic E-state index is -3.95. The van der Waals surface area contributed by atoms with E-state index in [9.17, 15) is 18.0 Å². The molecule has 41 heavy (non-hydrogen) atoms. The number of aryl methyl sites for hydroxylation is 1. The summed E-state index contributed by atoms with van der Waals surface area (Å²) < 4.78 is 26.9. The van der Waals surface area contributed by atoms with Crippen LogP contribution in [-0.2, 0) is 32.6 Å². The van der Waals surface area contributed by atoms with Crippen LogP contribution in [0, 0.1) is 6.92 Å². The maximum Gasteiger partial charge on any atom is 0.244 e. The summed E-state index contributed by atoms with van der Waals surface area (Å²) in [5.74, 6) is -0.786. The van der Waals surface area contributed by atoms with Crippen molar-refractivity contribution in [3.63, 3.8) is 0 Å². The Kier molecular flexibility index (Phi) is 10.3. The summed E-state index contributed by atoms with van der Waals surface area (Å²) in [6, 6.07) is 20.8. The maximum atomic E-state index is 14.2. The zero-order valence-electron chi connectivity index (χ0n) is 23.2. The molecule has 0 bridgehead atoms. The molecule has 0 aliphatic heterocycles. The fraction of sp³-hybridized carbons (Fsp3) is 0.355. The molecule has 10 heteroatoms. The van der Waals surface area contributed by atoms with E-state index in [-0.39, 0.29) is 40.6 Å². The van der Waals surface area contributed by atoms with Crippen molar-refractivity contribution in [2.45, 2.75) is 57.7 Å². The molecule has 1 unspecified atom stereocenters. The summed E-state index contributed by atoms with van der Waals surface area (Å²) in [4.78, 5) is 29.6. The van der Waals surface area contributed by atoms with Gasteiger partial charge in [0.2, 0.25) is 21.8 Å². The Morgan fingerprint density at radius 1 is 0.976 bits per heavy atom. The molecule has 1 aliphatic rings. The summed E-state index contributed by atoms with van der Waals surface area (Å²) in [6.45, 7) is 1.52. The Balaban J connectivity index is 1.75. The molecule has 1 saturated carbocycles. The van der Waals surface area contributed by atoms with E-state index in [1.165, 1.54) is 17.0 Å². The lowest BCUT2D eigenvalue weighted by atomic mass is 10.0. The van der Waals surface area contributed by atoms with Gasteiger partial charge < -0.3 is 10.2 Å². The molecule has 0 saturated heterocycles. The second kappa shape index (κ2) is 13.7. The van der Waals surface area contributed by atoms with Gasteiger partial charge in [-0.05, 0) is 54.7 Å². The van der Waals surface area contributed by atoms with Crippen molar-refractivity contribution in [1.29, 1.82) is 0 Å². The predicted octanol–water partition coefficient (Wildman–Crippen LogP) is 5.77. The Morgan fingerprint density at radius 3 is 2.29 bits per heavy atom.